The summed E-state index contributed by atoms with van der Waals surface area (Å²) in [5.74, 6) is -0.281. The molecule has 1 unspecified atom stereocenters. The molecule has 1 aliphatic rings. The van der Waals surface area contributed by atoms with Gasteiger partial charge in [0.25, 0.3) is 0 Å². The van der Waals surface area contributed by atoms with Gasteiger partial charge in [0, 0.05) is 6.54 Å². The summed E-state index contributed by atoms with van der Waals surface area (Å²) in [5.41, 5.74) is 5.18. The molecule has 0 radical (unpaired) electrons. The van der Waals surface area contributed by atoms with E-state index in [2.05, 4.69) is 4.90 Å². The molecule has 1 aliphatic heterocycles. The monoisotopic (exact) mass is 256 g/mol. The Labute approximate surface area is 111 Å². The van der Waals surface area contributed by atoms with Crippen molar-refractivity contribution in [2.24, 2.45) is 5.73 Å². The summed E-state index contributed by atoms with van der Waals surface area (Å²) in [7, 11) is 0. The van der Waals surface area contributed by atoms with Gasteiger partial charge in [0.1, 0.15) is 5.54 Å². The van der Waals surface area contributed by atoms with Gasteiger partial charge in [-0.3, -0.25) is 4.79 Å². The number of hydrogen-bond acceptors (Lipinski definition) is 4. The molecule has 1 atom stereocenters. The summed E-state index contributed by atoms with van der Waals surface area (Å²) in [6.45, 7) is 7.15. The maximum Gasteiger partial charge on any atom is 0.325 e. The molecule has 1 saturated heterocycles. The number of nitrogens with two attached hydrogens (primary N) is 1. The highest BCUT2D eigenvalue weighted by Gasteiger charge is 2.30. The first-order chi connectivity index (χ1) is 8.56. The van der Waals surface area contributed by atoms with Gasteiger partial charge in [-0.2, -0.15) is 0 Å². The van der Waals surface area contributed by atoms with Crippen LogP contribution < -0.4 is 5.73 Å². The first kappa shape index (κ1) is 15.4. The zero-order valence-corrected chi connectivity index (χ0v) is 11.9. The standard InChI is InChI=1S/C14H28N2O2/c1-3-18-13(17)14(2,15)9-12-16-10-7-5-4-6-8-11-16/h3-12,15H2,1-2H3. The van der Waals surface area contributed by atoms with Gasteiger partial charge in [-0.25, -0.2) is 0 Å². The van der Waals surface area contributed by atoms with E-state index < -0.39 is 5.54 Å². The summed E-state index contributed by atoms with van der Waals surface area (Å²) >= 11 is 0. The third-order valence-corrected chi connectivity index (χ3v) is 3.64. The predicted octanol–water partition coefficient (Wildman–Crippen LogP) is 1.92. The molecule has 0 spiro atoms. The van der Waals surface area contributed by atoms with Gasteiger partial charge < -0.3 is 15.4 Å². The second-order valence-electron chi connectivity index (χ2n) is 5.50. The zero-order valence-electron chi connectivity index (χ0n) is 11.9. The van der Waals surface area contributed by atoms with Crippen molar-refractivity contribution >= 4 is 5.97 Å². The quantitative estimate of drug-likeness (QED) is 0.764. The van der Waals surface area contributed by atoms with E-state index in [4.69, 9.17) is 10.5 Å². The fourth-order valence-corrected chi connectivity index (χ4v) is 2.32. The van der Waals surface area contributed by atoms with Gasteiger partial charge in [0.15, 0.2) is 0 Å². The van der Waals surface area contributed by atoms with Crippen molar-refractivity contribution in [3.05, 3.63) is 0 Å². The lowest BCUT2D eigenvalue weighted by molar-refractivity contribution is -0.149. The van der Waals surface area contributed by atoms with Gasteiger partial charge in [-0.1, -0.05) is 19.3 Å². The molecule has 1 fully saturated rings. The normalized spacial score (nSPS) is 21.7. The van der Waals surface area contributed by atoms with Crippen LogP contribution in [0.3, 0.4) is 0 Å². The Morgan fingerprint density at radius 2 is 1.78 bits per heavy atom. The maximum absolute atomic E-state index is 11.7. The van der Waals surface area contributed by atoms with Crippen LogP contribution in [0, 0.1) is 0 Å². The Morgan fingerprint density at radius 1 is 1.22 bits per heavy atom. The van der Waals surface area contributed by atoms with E-state index in [1.54, 1.807) is 6.92 Å². The highest BCUT2D eigenvalue weighted by Crippen LogP contribution is 2.14. The smallest absolute Gasteiger partial charge is 0.325 e. The molecule has 18 heavy (non-hydrogen) atoms. The number of carbonyl (C=O) groups excluding carboxylic acids is 1. The molecule has 0 amide bonds. The van der Waals surface area contributed by atoms with E-state index in [0.29, 0.717) is 13.0 Å². The second kappa shape index (κ2) is 7.74. The van der Waals surface area contributed by atoms with Crippen LogP contribution in [0.15, 0.2) is 0 Å². The number of rotatable bonds is 5. The van der Waals surface area contributed by atoms with Crippen LogP contribution in [0.5, 0.6) is 0 Å². The Morgan fingerprint density at radius 3 is 2.33 bits per heavy atom. The van der Waals surface area contributed by atoms with Crippen molar-refractivity contribution in [1.82, 2.24) is 4.90 Å². The minimum absolute atomic E-state index is 0.281. The molecule has 2 N–H and O–H groups in total. The summed E-state index contributed by atoms with van der Waals surface area (Å²) in [6.07, 6.45) is 7.22. The van der Waals surface area contributed by atoms with Gasteiger partial charge in [0.05, 0.1) is 6.61 Å². The third-order valence-electron chi connectivity index (χ3n) is 3.64. The molecule has 1 heterocycles. The van der Waals surface area contributed by atoms with E-state index >= 15 is 0 Å². The molecule has 0 bridgehead atoms. The van der Waals surface area contributed by atoms with E-state index in [1.165, 1.54) is 32.1 Å². The number of carbonyl (C=O) groups is 1. The summed E-state index contributed by atoms with van der Waals surface area (Å²) in [4.78, 5) is 14.1. The Balaban J connectivity index is 2.34. The Kier molecular flexibility index (Phi) is 6.65. The van der Waals surface area contributed by atoms with Crippen molar-refractivity contribution in [1.29, 1.82) is 0 Å². The van der Waals surface area contributed by atoms with Crippen molar-refractivity contribution in [2.45, 2.75) is 57.9 Å². The van der Waals surface area contributed by atoms with E-state index in [9.17, 15) is 4.79 Å². The van der Waals surface area contributed by atoms with Gasteiger partial charge in [-0.15, -0.1) is 0 Å². The molecule has 0 aliphatic carbocycles. The molecule has 0 aromatic rings. The number of nitrogens with zero attached hydrogens (tertiary/aromatic N) is 1. The zero-order chi connectivity index (χ0) is 13.4. The van der Waals surface area contributed by atoms with Crippen LogP contribution >= 0.6 is 0 Å². The SMILES string of the molecule is CCOC(=O)C(C)(N)CCN1CCCCCCC1. The number of ether oxygens (including phenoxy) is 1. The lowest BCUT2D eigenvalue weighted by atomic mass is 9.98. The van der Waals surface area contributed by atoms with Crippen LogP contribution in [0.1, 0.15) is 52.4 Å². The Bertz CT molecular complexity index is 246. The first-order valence-corrected chi connectivity index (χ1v) is 7.24. The topological polar surface area (TPSA) is 55.6 Å². The van der Waals surface area contributed by atoms with E-state index in [0.717, 1.165) is 19.6 Å². The van der Waals surface area contributed by atoms with Gasteiger partial charge in [0.2, 0.25) is 0 Å². The molecular weight excluding hydrogens is 228 g/mol. The third kappa shape index (κ3) is 5.36. The molecule has 4 heteroatoms. The molecule has 0 aromatic heterocycles. The highest BCUT2D eigenvalue weighted by atomic mass is 16.5. The largest absolute Gasteiger partial charge is 0.465 e. The fraction of sp³-hybridized carbons (Fsp3) is 0.929. The first-order valence-electron chi connectivity index (χ1n) is 7.24. The average Bonchev–Trinajstić information content (AvgIpc) is 2.27. The number of likely N-dealkylation sites (tertiary alicyclic amines) is 1. The summed E-state index contributed by atoms with van der Waals surface area (Å²) in [5, 5.41) is 0. The van der Waals surface area contributed by atoms with Crippen LogP contribution in [0.4, 0.5) is 0 Å². The Hall–Kier alpha value is -0.610. The molecule has 0 aromatic carbocycles. The van der Waals surface area contributed by atoms with Crippen LogP contribution in [0.25, 0.3) is 0 Å². The van der Waals surface area contributed by atoms with Crippen molar-refractivity contribution in [3.8, 4) is 0 Å². The molecule has 0 saturated carbocycles. The van der Waals surface area contributed by atoms with E-state index in [-0.39, 0.29) is 5.97 Å². The summed E-state index contributed by atoms with van der Waals surface area (Å²) in [6, 6.07) is 0. The van der Waals surface area contributed by atoms with Crippen LogP contribution in [-0.4, -0.2) is 42.6 Å². The van der Waals surface area contributed by atoms with Crippen molar-refractivity contribution in [2.75, 3.05) is 26.2 Å². The lowest BCUT2D eigenvalue weighted by Gasteiger charge is -2.28. The lowest BCUT2D eigenvalue weighted by Crippen LogP contribution is -2.48. The van der Waals surface area contributed by atoms with Crippen molar-refractivity contribution in [3.63, 3.8) is 0 Å². The molecule has 1 rings (SSSR count). The molecule has 106 valence electrons. The average molecular weight is 256 g/mol. The number of hydrogen-bond donors (Lipinski definition) is 1. The molecular formula is C14H28N2O2. The minimum Gasteiger partial charge on any atom is -0.465 e. The number of esters is 1. The van der Waals surface area contributed by atoms with Crippen LogP contribution in [0.2, 0.25) is 0 Å². The summed E-state index contributed by atoms with van der Waals surface area (Å²) < 4.78 is 5.01. The second-order valence-corrected chi connectivity index (χ2v) is 5.50. The minimum atomic E-state index is -0.849. The fourth-order valence-electron chi connectivity index (χ4n) is 2.32. The highest BCUT2D eigenvalue weighted by molar-refractivity contribution is 5.79. The van der Waals surface area contributed by atoms with E-state index in [1.807, 2.05) is 6.92 Å². The van der Waals surface area contributed by atoms with Gasteiger partial charge >= 0.3 is 5.97 Å². The van der Waals surface area contributed by atoms with Gasteiger partial charge in [-0.05, 0) is 46.2 Å². The predicted molar refractivity (Wildman–Crippen MR) is 73.4 cm³/mol. The molecule has 4 nitrogen and oxygen atoms in total. The maximum atomic E-state index is 11.7. The van der Waals surface area contributed by atoms with Crippen LogP contribution in [-0.2, 0) is 9.53 Å². The van der Waals surface area contributed by atoms with Crippen molar-refractivity contribution < 1.29 is 9.53 Å².